The number of rotatable bonds is 5. The molecule has 0 atom stereocenters. The van der Waals surface area contributed by atoms with Crippen LogP contribution >= 0.6 is 46.4 Å². The first-order valence-electron chi connectivity index (χ1n) is 6.33. The van der Waals surface area contributed by atoms with Crippen LogP contribution in [0.2, 0.25) is 10.0 Å². The molecule has 0 nitrogen and oxygen atoms in total. The number of alkyl halides is 2. The van der Waals surface area contributed by atoms with Gasteiger partial charge in [0.25, 0.3) is 0 Å². The predicted molar refractivity (Wildman–Crippen MR) is 89.7 cm³/mol. The van der Waals surface area contributed by atoms with Gasteiger partial charge in [-0.1, -0.05) is 35.3 Å². The van der Waals surface area contributed by atoms with Gasteiger partial charge in [-0.2, -0.15) is 0 Å². The highest BCUT2D eigenvalue weighted by Crippen LogP contribution is 2.34. The molecular formula is C16H13Cl4F. The van der Waals surface area contributed by atoms with Crippen molar-refractivity contribution in [2.24, 2.45) is 0 Å². The fraction of sp³-hybridized carbons (Fsp3) is 0.250. The lowest BCUT2D eigenvalue weighted by molar-refractivity contribution is 0.533. The van der Waals surface area contributed by atoms with Gasteiger partial charge in [-0.3, -0.25) is 0 Å². The average Bonchev–Trinajstić information content (AvgIpc) is 2.49. The molecule has 0 aromatic heterocycles. The Balaban J connectivity index is 2.42. The monoisotopic (exact) mass is 364 g/mol. The van der Waals surface area contributed by atoms with E-state index < -0.39 is 5.41 Å². The molecule has 2 aromatic rings. The second kappa shape index (κ2) is 7.19. The summed E-state index contributed by atoms with van der Waals surface area (Å²) in [5.41, 5.74) is 1.12. The first-order chi connectivity index (χ1) is 10.0. The van der Waals surface area contributed by atoms with Gasteiger partial charge in [0.2, 0.25) is 0 Å². The van der Waals surface area contributed by atoms with Crippen molar-refractivity contribution >= 4 is 46.4 Å². The Kier molecular flexibility index (Phi) is 5.79. The maximum absolute atomic E-state index is 13.4. The lowest BCUT2D eigenvalue weighted by Gasteiger charge is -2.31. The van der Waals surface area contributed by atoms with Crippen LogP contribution in [0.4, 0.5) is 4.39 Å². The zero-order valence-corrected chi connectivity index (χ0v) is 14.1. The van der Waals surface area contributed by atoms with E-state index in [0.717, 1.165) is 5.56 Å². The molecule has 0 aliphatic carbocycles. The largest absolute Gasteiger partial charge is 0.207 e. The maximum atomic E-state index is 13.4. The number of hydrogen-bond donors (Lipinski definition) is 0. The van der Waals surface area contributed by atoms with Gasteiger partial charge in [0.1, 0.15) is 5.82 Å². The van der Waals surface area contributed by atoms with E-state index in [0.29, 0.717) is 33.8 Å². The summed E-state index contributed by atoms with van der Waals surface area (Å²) in [6, 6.07) is 11.7. The SMILES string of the molecule is Fc1ccc(Cl)c(CC(CCl)(CCl)c2ccc(Cl)cc2)c1. The van der Waals surface area contributed by atoms with E-state index in [9.17, 15) is 4.39 Å². The maximum Gasteiger partial charge on any atom is 0.123 e. The van der Waals surface area contributed by atoms with Gasteiger partial charge in [-0.15, -0.1) is 23.2 Å². The Morgan fingerprint density at radius 2 is 1.52 bits per heavy atom. The summed E-state index contributed by atoms with van der Waals surface area (Å²) in [6.07, 6.45) is 0.457. The molecule has 0 saturated carbocycles. The number of hydrogen-bond acceptors (Lipinski definition) is 0. The Bertz CT molecular complexity index is 606. The predicted octanol–water partition coefficient (Wildman–Crippen LogP) is 6.09. The van der Waals surface area contributed by atoms with E-state index in [1.54, 1.807) is 18.2 Å². The lowest BCUT2D eigenvalue weighted by Crippen LogP contribution is -2.33. The molecule has 112 valence electrons. The quantitative estimate of drug-likeness (QED) is 0.562. The summed E-state index contributed by atoms with van der Waals surface area (Å²) in [4.78, 5) is 0. The first-order valence-corrected chi connectivity index (χ1v) is 8.15. The Hall–Kier alpha value is -0.470. The molecule has 5 heteroatoms. The van der Waals surface area contributed by atoms with Gasteiger partial charge in [0.15, 0.2) is 0 Å². The summed E-state index contributed by atoms with van der Waals surface area (Å²) in [5.74, 6) is 0.263. The molecule has 0 radical (unpaired) electrons. The highest BCUT2D eigenvalue weighted by Gasteiger charge is 2.32. The zero-order chi connectivity index (χ0) is 15.5. The molecule has 0 saturated heterocycles. The van der Waals surface area contributed by atoms with Crippen LogP contribution in [0.15, 0.2) is 42.5 Å². The lowest BCUT2D eigenvalue weighted by atomic mass is 9.78. The van der Waals surface area contributed by atoms with Gasteiger partial charge < -0.3 is 0 Å². The minimum absolute atomic E-state index is 0.297. The fourth-order valence-corrected chi connectivity index (χ4v) is 3.33. The van der Waals surface area contributed by atoms with E-state index in [1.165, 1.54) is 12.1 Å². The summed E-state index contributed by atoms with van der Waals surface area (Å²) in [6.45, 7) is 0. The van der Waals surface area contributed by atoms with Crippen molar-refractivity contribution in [3.8, 4) is 0 Å². The minimum Gasteiger partial charge on any atom is -0.207 e. The third-order valence-electron chi connectivity index (χ3n) is 3.50. The van der Waals surface area contributed by atoms with Crippen LogP contribution in [-0.4, -0.2) is 11.8 Å². The third kappa shape index (κ3) is 3.84. The molecule has 0 unspecified atom stereocenters. The van der Waals surface area contributed by atoms with Crippen LogP contribution in [-0.2, 0) is 11.8 Å². The Morgan fingerprint density at radius 1 is 0.905 bits per heavy atom. The summed E-state index contributed by atoms with van der Waals surface area (Å²) in [5, 5.41) is 1.14. The molecule has 0 N–H and O–H groups in total. The van der Waals surface area contributed by atoms with Crippen molar-refractivity contribution < 1.29 is 4.39 Å². The van der Waals surface area contributed by atoms with Gasteiger partial charge in [0.05, 0.1) is 0 Å². The second-order valence-electron chi connectivity index (χ2n) is 4.97. The smallest absolute Gasteiger partial charge is 0.123 e. The van der Waals surface area contributed by atoms with E-state index in [-0.39, 0.29) is 5.82 Å². The van der Waals surface area contributed by atoms with Crippen molar-refractivity contribution in [1.29, 1.82) is 0 Å². The van der Waals surface area contributed by atoms with E-state index in [4.69, 9.17) is 46.4 Å². The number of benzene rings is 2. The third-order valence-corrected chi connectivity index (χ3v) is 5.15. The molecule has 0 aliphatic rings. The number of halogens is 5. The summed E-state index contributed by atoms with van der Waals surface area (Å²) >= 11 is 24.4. The molecule has 0 bridgehead atoms. The van der Waals surface area contributed by atoms with Crippen LogP contribution in [0.5, 0.6) is 0 Å². The van der Waals surface area contributed by atoms with Crippen molar-refractivity contribution in [1.82, 2.24) is 0 Å². The molecule has 0 spiro atoms. The van der Waals surface area contributed by atoms with Crippen LogP contribution in [0.1, 0.15) is 11.1 Å². The molecule has 0 amide bonds. The molecule has 0 fully saturated rings. The standard InChI is InChI=1S/C16H13Cl4F/c17-9-16(10-18,12-1-3-13(19)4-2-12)8-11-7-14(21)5-6-15(11)20/h1-7H,8-10H2. The summed E-state index contributed by atoms with van der Waals surface area (Å²) in [7, 11) is 0. The van der Waals surface area contributed by atoms with Crippen LogP contribution in [0, 0.1) is 5.82 Å². The van der Waals surface area contributed by atoms with Gasteiger partial charge in [-0.25, -0.2) is 4.39 Å². The van der Waals surface area contributed by atoms with Crippen molar-refractivity contribution in [2.45, 2.75) is 11.8 Å². The fourth-order valence-electron chi connectivity index (χ4n) is 2.23. The van der Waals surface area contributed by atoms with Gasteiger partial charge >= 0.3 is 0 Å². The molecule has 21 heavy (non-hydrogen) atoms. The van der Waals surface area contributed by atoms with Crippen molar-refractivity contribution in [2.75, 3.05) is 11.8 Å². The van der Waals surface area contributed by atoms with E-state index >= 15 is 0 Å². The van der Waals surface area contributed by atoms with Gasteiger partial charge in [-0.05, 0) is 47.9 Å². The average molecular weight is 366 g/mol. The zero-order valence-electron chi connectivity index (χ0n) is 11.1. The van der Waals surface area contributed by atoms with E-state index in [2.05, 4.69) is 0 Å². The topological polar surface area (TPSA) is 0 Å². The Morgan fingerprint density at radius 3 is 2.10 bits per heavy atom. The normalized spacial score (nSPS) is 11.7. The highest BCUT2D eigenvalue weighted by atomic mass is 35.5. The summed E-state index contributed by atoms with van der Waals surface area (Å²) < 4.78 is 13.4. The molecular weight excluding hydrogens is 353 g/mol. The Labute approximate surface area is 143 Å². The van der Waals surface area contributed by atoms with Crippen molar-refractivity contribution in [3.63, 3.8) is 0 Å². The van der Waals surface area contributed by atoms with Crippen LogP contribution < -0.4 is 0 Å². The molecule has 2 aromatic carbocycles. The van der Waals surface area contributed by atoms with E-state index in [1.807, 2.05) is 12.1 Å². The minimum atomic E-state index is -0.523. The van der Waals surface area contributed by atoms with Crippen LogP contribution in [0.3, 0.4) is 0 Å². The highest BCUT2D eigenvalue weighted by molar-refractivity contribution is 6.31. The van der Waals surface area contributed by atoms with Crippen LogP contribution in [0.25, 0.3) is 0 Å². The van der Waals surface area contributed by atoms with Gasteiger partial charge in [0, 0.05) is 27.2 Å². The second-order valence-corrected chi connectivity index (χ2v) is 6.35. The molecule has 0 heterocycles. The first kappa shape index (κ1) is 16.9. The molecule has 0 aliphatic heterocycles. The van der Waals surface area contributed by atoms with Crippen molar-refractivity contribution in [3.05, 3.63) is 69.5 Å². The molecule has 2 rings (SSSR count).